The summed E-state index contributed by atoms with van der Waals surface area (Å²) in [5.41, 5.74) is 0.342. The Balaban J connectivity index is 1.91. The van der Waals surface area contributed by atoms with E-state index in [4.69, 9.17) is 29.1 Å². The summed E-state index contributed by atoms with van der Waals surface area (Å²) in [6, 6.07) is 5.68. The van der Waals surface area contributed by atoms with E-state index in [2.05, 4.69) is 14.6 Å². The topological polar surface area (TPSA) is 214 Å². The van der Waals surface area contributed by atoms with Crippen molar-refractivity contribution < 1.29 is 63.0 Å². The Kier molecular flexibility index (Phi) is 9.58. The Hall–Kier alpha value is -1.84. The predicted molar refractivity (Wildman–Crippen MR) is 99.8 cm³/mol. The van der Waals surface area contributed by atoms with E-state index in [9.17, 15) is 24.7 Å². The molecule has 1 fully saturated rings. The standard InChI is InChI=1S/C16H24NO13P/c18-8-26-5-6-27-16(22)17-9-1-3-10(4-2-9)29-15-14(21)13(20)12(19)11(30-15)7-28-31(23,24)25/h1-4,11-15,18-21H,5-8H2,(H,17,22)(H2,23,24,25)/t11-,12-,13+,14+,15+/m1/s1. The second kappa shape index (κ2) is 11.7. The number of ether oxygens (including phenoxy) is 4. The summed E-state index contributed by atoms with van der Waals surface area (Å²) in [7, 11) is -4.85. The van der Waals surface area contributed by atoms with Gasteiger partial charge >= 0.3 is 13.9 Å². The summed E-state index contributed by atoms with van der Waals surface area (Å²) in [5, 5.41) is 40.8. The fourth-order valence-corrected chi connectivity index (χ4v) is 2.83. The molecule has 1 aliphatic heterocycles. The third-order valence-electron chi connectivity index (χ3n) is 3.98. The van der Waals surface area contributed by atoms with Gasteiger partial charge < -0.3 is 49.2 Å². The first-order chi connectivity index (χ1) is 14.6. The Morgan fingerprint density at radius 3 is 2.35 bits per heavy atom. The van der Waals surface area contributed by atoms with Gasteiger partial charge in [0.15, 0.2) is 0 Å². The molecule has 1 aliphatic rings. The quantitative estimate of drug-likeness (QED) is 0.118. The molecule has 0 unspecified atom stereocenters. The number of aliphatic hydroxyl groups is 4. The molecule has 0 spiro atoms. The molecule has 0 aliphatic carbocycles. The molecule has 1 heterocycles. The number of carbonyl (C=O) groups is 1. The number of carbonyl (C=O) groups excluding carboxylic acids is 1. The summed E-state index contributed by atoms with van der Waals surface area (Å²) in [5.74, 6) is 0.151. The lowest BCUT2D eigenvalue weighted by Gasteiger charge is -2.40. The van der Waals surface area contributed by atoms with Gasteiger partial charge in [-0.15, -0.1) is 0 Å². The van der Waals surface area contributed by atoms with Crippen LogP contribution in [0.4, 0.5) is 10.5 Å². The Labute approximate surface area is 176 Å². The average molecular weight is 469 g/mol. The number of anilines is 1. The molecule has 1 aromatic rings. The first kappa shape index (κ1) is 25.4. The zero-order valence-corrected chi connectivity index (χ0v) is 16.9. The van der Waals surface area contributed by atoms with Crippen LogP contribution in [0, 0.1) is 0 Å². The molecule has 0 bridgehead atoms. The zero-order valence-electron chi connectivity index (χ0n) is 16.0. The molecular formula is C16H24NO13P. The summed E-state index contributed by atoms with van der Waals surface area (Å²) in [6.07, 6.45) is -8.71. The van der Waals surface area contributed by atoms with E-state index in [1.165, 1.54) is 24.3 Å². The van der Waals surface area contributed by atoms with Crippen molar-refractivity contribution in [2.75, 3.05) is 31.9 Å². The first-order valence-electron chi connectivity index (χ1n) is 8.89. The van der Waals surface area contributed by atoms with Crippen LogP contribution in [0.3, 0.4) is 0 Å². The van der Waals surface area contributed by atoms with Crippen LogP contribution < -0.4 is 10.1 Å². The molecule has 15 heteroatoms. The summed E-state index contributed by atoms with van der Waals surface area (Å²) in [6.45, 7) is -1.28. The summed E-state index contributed by atoms with van der Waals surface area (Å²) < 4.78 is 35.2. The van der Waals surface area contributed by atoms with Crippen LogP contribution in [-0.2, 0) is 23.3 Å². The third kappa shape index (κ3) is 8.31. The largest absolute Gasteiger partial charge is 0.469 e. The van der Waals surface area contributed by atoms with Crippen LogP contribution in [0.2, 0.25) is 0 Å². The minimum Gasteiger partial charge on any atom is -0.462 e. The Morgan fingerprint density at radius 1 is 1.06 bits per heavy atom. The van der Waals surface area contributed by atoms with Crippen LogP contribution in [0.5, 0.6) is 5.75 Å². The number of aliphatic hydroxyl groups excluding tert-OH is 4. The number of phosphoric ester groups is 1. The van der Waals surface area contributed by atoms with E-state index in [0.717, 1.165) is 0 Å². The molecule has 0 radical (unpaired) electrons. The molecular weight excluding hydrogens is 445 g/mol. The van der Waals surface area contributed by atoms with Crippen molar-refractivity contribution in [2.45, 2.75) is 30.7 Å². The minimum atomic E-state index is -4.85. The van der Waals surface area contributed by atoms with E-state index < -0.39 is 58.0 Å². The maximum atomic E-state index is 11.6. The van der Waals surface area contributed by atoms with Gasteiger partial charge in [-0.2, -0.15) is 0 Å². The Morgan fingerprint density at radius 2 is 1.74 bits per heavy atom. The number of hydrogen-bond acceptors (Lipinski definition) is 11. The van der Waals surface area contributed by atoms with E-state index in [0.29, 0.717) is 5.69 Å². The predicted octanol–water partition coefficient (Wildman–Crippen LogP) is -1.50. The van der Waals surface area contributed by atoms with Crippen molar-refractivity contribution in [3.05, 3.63) is 24.3 Å². The SMILES string of the molecule is O=C(Nc1ccc(O[C@H]2O[C@H](COP(=O)(O)O)[C@@H](O)[C@H](O)[C@@H]2O)cc1)OCCOCO. The van der Waals surface area contributed by atoms with Crippen molar-refractivity contribution in [3.8, 4) is 5.75 Å². The zero-order chi connectivity index (χ0) is 23.0. The summed E-state index contributed by atoms with van der Waals surface area (Å²) in [4.78, 5) is 29.1. The van der Waals surface area contributed by atoms with Gasteiger partial charge in [0.2, 0.25) is 6.29 Å². The van der Waals surface area contributed by atoms with Crippen molar-refractivity contribution in [2.24, 2.45) is 0 Å². The minimum absolute atomic E-state index is 0.0289. The highest BCUT2D eigenvalue weighted by molar-refractivity contribution is 7.46. The van der Waals surface area contributed by atoms with E-state index in [1.807, 2.05) is 0 Å². The molecule has 14 nitrogen and oxygen atoms in total. The molecule has 31 heavy (non-hydrogen) atoms. The number of nitrogens with one attached hydrogen (secondary N) is 1. The highest BCUT2D eigenvalue weighted by Gasteiger charge is 2.45. The maximum Gasteiger partial charge on any atom is 0.469 e. The smallest absolute Gasteiger partial charge is 0.462 e. The molecule has 7 N–H and O–H groups in total. The lowest BCUT2D eigenvalue weighted by atomic mass is 9.99. The fourth-order valence-electron chi connectivity index (χ4n) is 2.48. The maximum absolute atomic E-state index is 11.6. The van der Waals surface area contributed by atoms with Gasteiger partial charge in [0.1, 0.15) is 43.6 Å². The molecule has 2 rings (SSSR count). The number of rotatable bonds is 10. The number of benzene rings is 1. The third-order valence-corrected chi connectivity index (χ3v) is 4.47. The molecule has 1 aromatic carbocycles. The molecule has 1 amide bonds. The van der Waals surface area contributed by atoms with Gasteiger partial charge in [-0.3, -0.25) is 9.84 Å². The van der Waals surface area contributed by atoms with Gasteiger partial charge in [0, 0.05) is 5.69 Å². The van der Waals surface area contributed by atoms with Crippen LogP contribution in [0.15, 0.2) is 24.3 Å². The first-order valence-corrected chi connectivity index (χ1v) is 10.4. The second-order valence-corrected chi connectivity index (χ2v) is 7.48. The van der Waals surface area contributed by atoms with Gasteiger partial charge in [-0.05, 0) is 24.3 Å². The molecule has 1 saturated heterocycles. The van der Waals surface area contributed by atoms with Gasteiger partial charge in [0.05, 0.1) is 13.2 Å². The van der Waals surface area contributed by atoms with Crippen LogP contribution in [-0.4, -0.2) is 93.6 Å². The van der Waals surface area contributed by atoms with Gasteiger partial charge in [-0.25, -0.2) is 9.36 Å². The average Bonchev–Trinajstić information content (AvgIpc) is 2.71. The van der Waals surface area contributed by atoms with Gasteiger partial charge in [0.25, 0.3) is 0 Å². The van der Waals surface area contributed by atoms with E-state index in [-0.39, 0.29) is 19.0 Å². The number of phosphoric acid groups is 1. The summed E-state index contributed by atoms with van der Waals surface area (Å²) >= 11 is 0. The lowest BCUT2D eigenvalue weighted by molar-refractivity contribution is -0.276. The van der Waals surface area contributed by atoms with Crippen molar-refractivity contribution >= 4 is 19.6 Å². The second-order valence-electron chi connectivity index (χ2n) is 6.24. The van der Waals surface area contributed by atoms with Crippen molar-refractivity contribution in [1.29, 1.82) is 0 Å². The Bertz CT molecular complexity index is 742. The number of amides is 1. The van der Waals surface area contributed by atoms with Crippen LogP contribution in [0.25, 0.3) is 0 Å². The number of hydrogen-bond donors (Lipinski definition) is 7. The highest BCUT2D eigenvalue weighted by Crippen LogP contribution is 2.37. The van der Waals surface area contributed by atoms with E-state index >= 15 is 0 Å². The molecule has 5 atom stereocenters. The normalized spacial score (nSPS) is 26.3. The van der Waals surface area contributed by atoms with Crippen LogP contribution >= 0.6 is 7.82 Å². The van der Waals surface area contributed by atoms with Crippen molar-refractivity contribution in [1.82, 2.24) is 0 Å². The highest BCUT2D eigenvalue weighted by atomic mass is 31.2. The molecule has 0 aromatic heterocycles. The van der Waals surface area contributed by atoms with Crippen LogP contribution in [0.1, 0.15) is 0 Å². The lowest BCUT2D eigenvalue weighted by Crippen LogP contribution is -2.60. The fraction of sp³-hybridized carbons (Fsp3) is 0.562. The van der Waals surface area contributed by atoms with Crippen molar-refractivity contribution in [3.63, 3.8) is 0 Å². The van der Waals surface area contributed by atoms with Gasteiger partial charge in [-0.1, -0.05) is 0 Å². The van der Waals surface area contributed by atoms with E-state index in [1.54, 1.807) is 0 Å². The monoisotopic (exact) mass is 469 g/mol. The molecule has 176 valence electrons. The molecule has 0 saturated carbocycles.